The minimum absolute atomic E-state index is 0.0304. The molecule has 0 bridgehead atoms. The maximum absolute atomic E-state index is 11.6. The van der Waals surface area contributed by atoms with Gasteiger partial charge < -0.3 is 26.4 Å². The van der Waals surface area contributed by atoms with Crippen LogP contribution in [0.25, 0.3) is 5.52 Å². The monoisotopic (exact) mass is 293 g/mol. The summed E-state index contributed by atoms with van der Waals surface area (Å²) in [6, 6.07) is 1.44. The number of nitrogens with two attached hydrogens (primary N) is 2. The number of amides is 1. The summed E-state index contributed by atoms with van der Waals surface area (Å²) in [6.07, 6.45) is -0.705. The number of fused-ring (bicyclic) bond motifs is 1. The number of carbonyl (C=O) groups is 1. The summed E-state index contributed by atoms with van der Waals surface area (Å²) in [6.45, 7) is 1.42. The normalized spacial score (nSPS) is 29.1. The number of primary amides is 1. The van der Waals surface area contributed by atoms with Crippen LogP contribution >= 0.6 is 0 Å². The second kappa shape index (κ2) is 4.38. The molecule has 3 atom stereocenters. The minimum Gasteiger partial charge on any atom is -0.388 e. The highest BCUT2D eigenvalue weighted by Crippen LogP contribution is 2.39. The van der Waals surface area contributed by atoms with Crippen molar-refractivity contribution >= 4 is 17.2 Å². The molecule has 3 rings (SSSR count). The largest absolute Gasteiger partial charge is 0.388 e. The Kier molecular flexibility index (Phi) is 2.87. The average molecular weight is 293 g/mol. The molecule has 1 saturated heterocycles. The number of nitrogens with zero attached hydrogens (tertiary/aromatic N) is 3. The first-order valence-corrected chi connectivity index (χ1v) is 6.28. The van der Waals surface area contributed by atoms with Gasteiger partial charge in [0.1, 0.15) is 29.7 Å². The Morgan fingerprint density at radius 2 is 2.33 bits per heavy atom. The second-order valence-electron chi connectivity index (χ2n) is 5.21. The van der Waals surface area contributed by atoms with Crippen molar-refractivity contribution in [1.29, 1.82) is 0 Å². The van der Waals surface area contributed by atoms with E-state index in [4.69, 9.17) is 16.2 Å². The fourth-order valence-electron chi connectivity index (χ4n) is 2.55. The van der Waals surface area contributed by atoms with Crippen LogP contribution in [0, 0.1) is 0 Å². The van der Waals surface area contributed by atoms with Gasteiger partial charge in [-0.2, -0.15) is 5.10 Å². The van der Waals surface area contributed by atoms with E-state index >= 15 is 0 Å². The van der Waals surface area contributed by atoms with Crippen molar-refractivity contribution < 1.29 is 19.7 Å². The fraction of sp³-hybridized carbons (Fsp3) is 0.417. The van der Waals surface area contributed by atoms with Gasteiger partial charge in [-0.1, -0.05) is 0 Å². The summed E-state index contributed by atoms with van der Waals surface area (Å²) in [4.78, 5) is 15.4. The van der Waals surface area contributed by atoms with Gasteiger partial charge in [0.2, 0.25) is 0 Å². The van der Waals surface area contributed by atoms with Crippen LogP contribution in [0.5, 0.6) is 0 Å². The molecule has 2 aromatic heterocycles. The first kappa shape index (κ1) is 13.7. The zero-order chi connectivity index (χ0) is 15.4. The molecule has 0 aromatic carbocycles. The molecule has 112 valence electrons. The van der Waals surface area contributed by atoms with Crippen molar-refractivity contribution in [2.24, 2.45) is 5.73 Å². The number of hydrogen-bond acceptors (Lipinski definition) is 7. The maximum Gasteiger partial charge on any atom is 0.251 e. The van der Waals surface area contributed by atoms with Crippen molar-refractivity contribution in [2.75, 3.05) is 12.3 Å². The molecule has 9 nitrogen and oxygen atoms in total. The van der Waals surface area contributed by atoms with Crippen molar-refractivity contribution in [3.63, 3.8) is 0 Å². The maximum atomic E-state index is 11.6. The lowest BCUT2D eigenvalue weighted by Crippen LogP contribution is -2.40. The van der Waals surface area contributed by atoms with Gasteiger partial charge >= 0.3 is 0 Å². The first-order valence-electron chi connectivity index (χ1n) is 6.28. The average Bonchev–Trinajstić information content (AvgIpc) is 2.90. The quantitative estimate of drug-likeness (QED) is 0.531. The highest BCUT2D eigenvalue weighted by Gasteiger charge is 2.48. The van der Waals surface area contributed by atoms with Crippen molar-refractivity contribution in [1.82, 2.24) is 14.6 Å². The predicted octanol–water partition coefficient (Wildman–Crippen LogP) is -1.41. The molecule has 0 radical (unpaired) electrons. The first-order chi connectivity index (χ1) is 9.84. The van der Waals surface area contributed by atoms with Crippen LogP contribution in [0.4, 0.5) is 5.82 Å². The zero-order valence-corrected chi connectivity index (χ0v) is 11.2. The van der Waals surface area contributed by atoms with Gasteiger partial charge in [-0.05, 0) is 13.0 Å². The lowest BCUT2D eigenvalue weighted by molar-refractivity contribution is -0.0664. The lowest BCUT2D eigenvalue weighted by atomic mass is 9.93. The summed E-state index contributed by atoms with van der Waals surface area (Å²) in [5.74, 6) is -0.610. The molecule has 3 heterocycles. The van der Waals surface area contributed by atoms with Crippen LogP contribution in [-0.2, 0) is 4.74 Å². The fourth-order valence-corrected chi connectivity index (χ4v) is 2.55. The molecule has 1 aliphatic rings. The summed E-state index contributed by atoms with van der Waals surface area (Å²) in [5.41, 5.74) is 10.3. The third-order valence-electron chi connectivity index (χ3n) is 3.77. The van der Waals surface area contributed by atoms with Crippen LogP contribution in [0.1, 0.15) is 29.1 Å². The van der Waals surface area contributed by atoms with Gasteiger partial charge in [0.05, 0.1) is 17.9 Å². The Morgan fingerprint density at radius 3 is 2.90 bits per heavy atom. The van der Waals surface area contributed by atoms with E-state index in [2.05, 4.69) is 10.1 Å². The van der Waals surface area contributed by atoms with E-state index in [1.54, 1.807) is 0 Å². The Bertz CT molecular complexity index is 726. The number of hydrogen-bond donors (Lipinski definition) is 4. The number of aliphatic hydroxyl groups excluding tert-OH is 1. The van der Waals surface area contributed by atoms with E-state index in [-0.39, 0.29) is 23.5 Å². The molecule has 1 aliphatic heterocycles. The Morgan fingerprint density at radius 1 is 1.62 bits per heavy atom. The Hall–Kier alpha value is -2.23. The van der Waals surface area contributed by atoms with Crippen LogP contribution in [0.2, 0.25) is 0 Å². The van der Waals surface area contributed by atoms with Crippen LogP contribution < -0.4 is 11.5 Å². The Balaban J connectivity index is 2.25. The highest BCUT2D eigenvalue weighted by atomic mass is 16.5. The molecule has 1 amide bonds. The standard InChI is InChI=1S/C12H15N5O4/c1-12(20)7(18)3-21-9(12)6-2-5(11(14)19)8-10(13)15-4-16-17(6)8/h2,4,7,9,18,20H,3H2,1H3,(H2,14,19)(H2,13,15,16)/t7?,9-,12+/m0/s1. The molecule has 0 saturated carbocycles. The third kappa shape index (κ3) is 1.86. The van der Waals surface area contributed by atoms with Crippen LogP contribution in [-0.4, -0.2) is 49.0 Å². The number of ether oxygens (including phenoxy) is 1. The van der Waals surface area contributed by atoms with Gasteiger partial charge in [0.25, 0.3) is 5.91 Å². The third-order valence-corrected chi connectivity index (χ3v) is 3.77. The SMILES string of the molecule is C[C@@]1(O)C(O)CO[C@H]1c1cc(C(N)=O)c2c(N)ncnn12. The summed E-state index contributed by atoms with van der Waals surface area (Å²) in [5, 5.41) is 24.2. The van der Waals surface area contributed by atoms with Gasteiger partial charge in [-0.3, -0.25) is 4.79 Å². The number of aliphatic hydroxyl groups is 2. The smallest absolute Gasteiger partial charge is 0.251 e. The molecule has 21 heavy (non-hydrogen) atoms. The van der Waals surface area contributed by atoms with E-state index in [0.29, 0.717) is 5.69 Å². The molecule has 1 fully saturated rings. The molecule has 6 N–H and O–H groups in total. The lowest BCUT2D eigenvalue weighted by Gasteiger charge is -2.25. The van der Waals surface area contributed by atoms with E-state index in [9.17, 15) is 15.0 Å². The van der Waals surface area contributed by atoms with Gasteiger partial charge in [0.15, 0.2) is 5.82 Å². The molecule has 2 aromatic rings. The summed E-state index contributed by atoms with van der Waals surface area (Å²) < 4.78 is 6.78. The van der Waals surface area contributed by atoms with Crippen molar-refractivity contribution in [2.45, 2.75) is 24.7 Å². The van der Waals surface area contributed by atoms with Crippen molar-refractivity contribution in [3.05, 3.63) is 23.7 Å². The molecular formula is C12H15N5O4. The summed E-state index contributed by atoms with van der Waals surface area (Å²) in [7, 11) is 0. The number of rotatable bonds is 2. The number of aromatic nitrogens is 3. The molecule has 9 heteroatoms. The van der Waals surface area contributed by atoms with Crippen LogP contribution in [0.3, 0.4) is 0 Å². The van der Waals surface area contributed by atoms with E-state index in [0.717, 1.165) is 0 Å². The summed E-state index contributed by atoms with van der Waals surface area (Å²) >= 11 is 0. The van der Waals surface area contributed by atoms with Crippen molar-refractivity contribution in [3.8, 4) is 0 Å². The molecule has 0 aliphatic carbocycles. The molecule has 0 spiro atoms. The second-order valence-corrected chi connectivity index (χ2v) is 5.21. The van der Waals surface area contributed by atoms with E-state index in [1.165, 1.54) is 23.8 Å². The molecule has 1 unspecified atom stereocenters. The van der Waals surface area contributed by atoms with Gasteiger partial charge in [-0.15, -0.1) is 0 Å². The minimum atomic E-state index is -1.52. The molecular weight excluding hydrogens is 278 g/mol. The van der Waals surface area contributed by atoms with Crippen LogP contribution in [0.15, 0.2) is 12.4 Å². The van der Waals surface area contributed by atoms with Gasteiger partial charge in [0, 0.05) is 0 Å². The van der Waals surface area contributed by atoms with E-state index in [1.807, 2.05) is 0 Å². The Labute approximate surface area is 119 Å². The highest BCUT2D eigenvalue weighted by molar-refractivity contribution is 6.02. The van der Waals surface area contributed by atoms with Gasteiger partial charge in [-0.25, -0.2) is 9.50 Å². The predicted molar refractivity (Wildman–Crippen MR) is 71.2 cm³/mol. The number of anilines is 1. The van der Waals surface area contributed by atoms with E-state index < -0.39 is 23.7 Å². The zero-order valence-electron chi connectivity index (χ0n) is 11.2. The number of nitrogen functional groups attached to an aromatic ring is 1. The number of carbonyl (C=O) groups excluding carboxylic acids is 1. The topological polar surface area (TPSA) is 149 Å².